The minimum absolute atomic E-state index is 0.210. The molecule has 2 aromatic carbocycles. The van der Waals surface area contributed by atoms with Gasteiger partial charge in [-0.15, -0.1) is 5.73 Å². The van der Waals surface area contributed by atoms with E-state index in [4.69, 9.17) is 0 Å². The maximum Gasteiger partial charge on any atom is -0.0127 e. The van der Waals surface area contributed by atoms with Gasteiger partial charge >= 0.3 is 0 Å². The lowest BCUT2D eigenvalue weighted by Gasteiger charge is -2.22. The summed E-state index contributed by atoms with van der Waals surface area (Å²) in [4.78, 5) is 0. The van der Waals surface area contributed by atoms with E-state index < -0.39 is 0 Å². The molecule has 0 saturated heterocycles. The quantitative estimate of drug-likeness (QED) is 0.456. The molecule has 0 radical (unpaired) electrons. The largest absolute Gasteiger partial charge is 0.119 e. The van der Waals surface area contributed by atoms with Gasteiger partial charge in [-0.25, -0.2) is 0 Å². The molecule has 1 heteroatoms. The lowest BCUT2D eigenvalue weighted by Crippen LogP contribution is -2.13. The average Bonchev–Trinajstić information content (AvgIpc) is 2.51. The second-order valence-electron chi connectivity index (χ2n) is 7.15. The molecule has 1 unspecified atom stereocenters. The summed E-state index contributed by atoms with van der Waals surface area (Å²) in [5, 5.41) is 1.43. The number of hydrogen-bond donors (Lipinski definition) is 0. The highest BCUT2D eigenvalue weighted by molar-refractivity contribution is 7.69. The minimum Gasteiger partial charge on any atom is -0.119 e. The monoisotopic (exact) mass is 322 g/mol. The van der Waals surface area contributed by atoms with Gasteiger partial charge in [-0.1, -0.05) is 89.2 Å². The maximum absolute atomic E-state index is 3.41. The Morgan fingerprint density at radius 1 is 0.913 bits per heavy atom. The van der Waals surface area contributed by atoms with Crippen LogP contribution in [0.15, 0.2) is 66.1 Å². The van der Waals surface area contributed by atoms with E-state index in [-0.39, 0.29) is 13.3 Å². The summed E-state index contributed by atoms with van der Waals surface area (Å²) in [6.07, 6.45) is 2.07. The SMILES string of the molecule is CC(C)P(C=C=Cc1ccccc1)c1ccc(C(C)(C)C)cc1. The smallest absolute Gasteiger partial charge is 0.0127 e. The third-order valence-electron chi connectivity index (χ3n) is 3.85. The van der Waals surface area contributed by atoms with Gasteiger partial charge in [-0.3, -0.25) is 0 Å². The fourth-order valence-electron chi connectivity index (χ4n) is 2.42. The summed E-state index contributed by atoms with van der Waals surface area (Å²) < 4.78 is 0. The van der Waals surface area contributed by atoms with Crippen LogP contribution in [-0.2, 0) is 5.41 Å². The summed E-state index contributed by atoms with van der Waals surface area (Å²) in [5.41, 5.74) is 6.82. The van der Waals surface area contributed by atoms with Crippen LogP contribution in [0.3, 0.4) is 0 Å². The maximum atomic E-state index is 3.41. The van der Waals surface area contributed by atoms with Crippen LogP contribution in [0.5, 0.6) is 0 Å². The van der Waals surface area contributed by atoms with Crippen LogP contribution in [0.1, 0.15) is 45.7 Å². The van der Waals surface area contributed by atoms with E-state index in [2.05, 4.69) is 101 Å². The lowest BCUT2D eigenvalue weighted by molar-refractivity contribution is 0.590. The Hall–Kier alpha value is -1.61. The Bertz CT molecular complexity index is 666. The lowest BCUT2D eigenvalue weighted by atomic mass is 9.87. The molecule has 0 spiro atoms. The molecule has 0 aromatic heterocycles. The zero-order valence-electron chi connectivity index (χ0n) is 14.9. The van der Waals surface area contributed by atoms with Crippen LogP contribution in [0.2, 0.25) is 0 Å². The second kappa shape index (κ2) is 7.78. The topological polar surface area (TPSA) is 0 Å². The Morgan fingerprint density at radius 3 is 2.04 bits per heavy atom. The molecular formula is C22H27P. The van der Waals surface area contributed by atoms with Crippen LogP contribution < -0.4 is 5.30 Å². The van der Waals surface area contributed by atoms with Crippen molar-refractivity contribution >= 4 is 19.3 Å². The first-order chi connectivity index (χ1) is 10.9. The molecule has 0 nitrogen and oxygen atoms in total. The van der Waals surface area contributed by atoms with Crippen LogP contribution >= 0.6 is 7.92 Å². The first-order valence-corrected chi connectivity index (χ1v) is 9.72. The summed E-state index contributed by atoms with van der Waals surface area (Å²) in [6.45, 7) is 11.4. The Balaban J connectivity index is 2.23. The van der Waals surface area contributed by atoms with Gasteiger partial charge in [0.2, 0.25) is 0 Å². The van der Waals surface area contributed by atoms with Gasteiger partial charge in [0.1, 0.15) is 0 Å². The van der Waals surface area contributed by atoms with Gasteiger partial charge in [0, 0.05) is 0 Å². The van der Waals surface area contributed by atoms with Gasteiger partial charge in [-0.2, -0.15) is 0 Å². The first kappa shape index (κ1) is 17.7. The van der Waals surface area contributed by atoms with E-state index in [1.165, 1.54) is 16.4 Å². The van der Waals surface area contributed by atoms with E-state index >= 15 is 0 Å². The molecular weight excluding hydrogens is 295 g/mol. The molecule has 23 heavy (non-hydrogen) atoms. The van der Waals surface area contributed by atoms with Crippen molar-refractivity contribution in [3.05, 3.63) is 77.3 Å². The zero-order valence-corrected chi connectivity index (χ0v) is 15.8. The summed E-state index contributed by atoms with van der Waals surface area (Å²) >= 11 is 0. The highest BCUT2D eigenvalue weighted by Gasteiger charge is 2.16. The third kappa shape index (κ3) is 5.21. The van der Waals surface area contributed by atoms with Crippen molar-refractivity contribution in [3.63, 3.8) is 0 Å². The van der Waals surface area contributed by atoms with Crippen molar-refractivity contribution in [3.8, 4) is 0 Å². The molecule has 0 aliphatic heterocycles. The van der Waals surface area contributed by atoms with Crippen LogP contribution in [-0.4, -0.2) is 5.66 Å². The standard InChI is InChI=1S/C22H27P/c1-18(2)23(17-9-12-19-10-7-6-8-11-19)21-15-13-20(14-16-21)22(3,4)5/h6-8,10-18H,1-5H3. The molecule has 0 aliphatic carbocycles. The molecule has 1 atom stereocenters. The van der Waals surface area contributed by atoms with E-state index in [0.717, 1.165) is 0 Å². The Labute approximate surface area is 142 Å². The normalized spacial score (nSPS) is 12.6. The van der Waals surface area contributed by atoms with Crippen molar-refractivity contribution < 1.29 is 0 Å². The Morgan fingerprint density at radius 2 is 1.52 bits per heavy atom. The van der Waals surface area contributed by atoms with Gasteiger partial charge in [0.05, 0.1) is 0 Å². The minimum atomic E-state index is -0.327. The second-order valence-corrected chi connectivity index (χ2v) is 9.77. The number of rotatable bonds is 4. The number of hydrogen-bond acceptors (Lipinski definition) is 0. The number of benzene rings is 2. The Kier molecular flexibility index (Phi) is 6.00. The molecule has 2 aromatic rings. The highest BCUT2D eigenvalue weighted by Crippen LogP contribution is 2.41. The van der Waals surface area contributed by atoms with E-state index in [9.17, 15) is 0 Å². The molecule has 120 valence electrons. The zero-order chi connectivity index (χ0) is 16.9. The summed E-state index contributed by atoms with van der Waals surface area (Å²) in [6, 6.07) is 19.5. The third-order valence-corrected chi connectivity index (χ3v) is 6.29. The van der Waals surface area contributed by atoms with Gasteiger partial charge in [0.15, 0.2) is 0 Å². The van der Waals surface area contributed by atoms with Gasteiger partial charge in [0.25, 0.3) is 0 Å². The van der Waals surface area contributed by atoms with Gasteiger partial charge < -0.3 is 0 Å². The molecule has 0 aliphatic rings. The predicted molar refractivity (Wildman–Crippen MR) is 106 cm³/mol. The van der Waals surface area contributed by atoms with E-state index in [1.807, 2.05) is 6.07 Å². The average molecular weight is 322 g/mol. The van der Waals surface area contributed by atoms with Crippen molar-refractivity contribution in [2.75, 3.05) is 0 Å². The molecule has 2 rings (SSSR count). The van der Waals surface area contributed by atoms with Crippen molar-refractivity contribution in [1.82, 2.24) is 0 Å². The highest BCUT2D eigenvalue weighted by atomic mass is 31.1. The molecule has 0 fully saturated rings. The van der Waals surface area contributed by atoms with Crippen LogP contribution in [0.4, 0.5) is 0 Å². The molecule has 0 N–H and O–H groups in total. The predicted octanol–water partition coefficient (Wildman–Crippen LogP) is 6.33. The van der Waals surface area contributed by atoms with Crippen LogP contribution in [0.25, 0.3) is 6.08 Å². The fraction of sp³-hybridized carbons (Fsp3) is 0.318. The molecule has 0 saturated carbocycles. The van der Waals surface area contributed by atoms with Crippen molar-refractivity contribution in [1.29, 1.82) is 0 Å². The van der Waals surface area contributed by atoms with E-state index in [1.54, 1.807) is 0 Å². The molecule has 0 bridgehead atoms. The molecule has 0 heterocycles. The summed E-state index contributed by atoms with van der Waals surface area (Å²) in [7, 11) is -0.327. The van der Waals surface area contributed by atoms with E-state index in [0.29, 0.717) is 5.66 Å². The van der Waals surface area contributed by atoms with Crippen molar-refractivity contribution in [2.45, 2.75) is 45.7 Å². The fourth-order valence-corrected chi connectivity index (χ4v) is 4.19. The van der Waals surface area contributed by atoms with Crippen LogP contribution in [0, 0.1) is 0 Å². The summed E-state index contributed by atoms with van der Waals surface area (Å²) in [5.74, 6) is 2.26. The van der Waals surface area contributed by atoms with Gasteiger partial charge in [-0.05, 0) is 47.3 Å². The van der Waals surface area contributed by atoms with Crippen molar-refractivity contribution in [2.24, 2.45) is 0 Å². The molecule has 0 amide bonds. The first-order valence-electron chi connectivity index (χ1n) is 8.24.